The number of hydrogen-bond donors (Lipinski definition) is 4. The molecule has 2 aromatic heterocycles. The predicted molar refractivity (Wildman–Crippen MR) is 190 cm³/mol. The normalized spacial score (nSPS) is 15.6. The van der Waals surface area contributed by atoms with Gasteiger partial charge < -0.3 is 26.0 Å². The van der Waals surface area contributed by atoms with E-state index < -0.39 is 6.04 Å². The molecule has 4 aromatic rings. The van der Waals surface area contributed by atoms with E-state index in [0.717, 1.165) is 47.7 Å². The zero-order valence-electron chi connectivity index (χ0n) is 28.6. The molecule has 1 aliphatic rings. The fourth-order valence-electron chi connectivity index (χ4n) is 6.10. The summed E-state index contributed by atoms with van der Waals surface area (Å²) >= 11 is 0. The highest BCUT2D eigenvalue weighted by molar-refractivity contribution is 5.87. The number of amides is 2. The highest BCUT2D eigenvalue weighted by Crippen LogP contribution is 2.27. The van der Waals surface area contributed by atoms with Crippen LogP contribution in [0.1, 0.15) is 64.0 Å². The Labute approximate surface area is 284 Å². The Morgan fingerprint density at radius 3 is 2.48 bits per heavy atom. The average molecular weight is 652 g/mol. The quantitative estimate of drug-likeness (QED) is 0.134. The summed E-state index contributed by atoms with van der Waals surface area (Å²) in [6.07, 6.45) is 7.89. The van der Waals surface area contributed by atoms with E-state index in [1.165, 1.54) is 12.0 Å². The summed E-state index contributed by atoms with van der Waals surface area (Å²) in [7, 11) is 2.12. The van der Waals surface area contributed by atoms with Gasteiger partial charge in [-0.05, 0) is 92.2 Å². The Hall–Kier alpha value is -4.70. The van der Waals surface area contributed by atoms with E-state index in [-0.39, 0.29) is 29.4 Å². The average Bonchev–Trinajstić information content (AvgIpc) is 3.69. The lowest BCUT2D eigenvalue weighted by Crippen LogP contribution is -2.48. The van der Waals surface area contributed by atoms with E-state index in [1.54, 1.807) is 36.7 Å². The van der Waals surface area contributed by atoms with E-state index in [4.69, 9.17) is 5.10 Å². The molecule has 10 heteroatoms. The second kappa shape index (κ2) is 15.9. The Balaban J connectivity index is 1.20. The van der Waals surface area contributed by atoms with Gasteiger partial charge in [-0.15, -0.1) is 0 Å². The number of aromatic nitrogens is 3. The van der Waals surface area contributed by atoms with Crippen LogP contribution in [0, 0.1) is 0 Å². The fraction of sp³-hybridized carbons (Fsp3) is 0.421. The fourth-order valence-corrected chi connectivity index (χ4v) is 6.10. The number of hydrogen-bond acceptors (Lipinski definition) is 7. The maximum Gasteiger partial charge on any atom is 0.242 e. The molecule has 0 radical (unpaired) electrons. The summed E-state index contributed by atoms with van der Waals surface area (Å²) in [5.74, 6) is 0.594. The zero-order chi connectivity index (χ0) is 34.1. The van der Waals surface area contributed by atoms with Crippen LogP contribution < -0.4 is 16.0 Å². The Morgan fingerprint density at radius 2 is 1.81 bits per heavy atom. The Kier molecular flexibility index (Phi) is 11.5. The van der Waals surface area contributed by atoms with Crippen molar-refractivity contribution in [1.29, 1.82) is 0 Å². The molecule has 3 heterocycles. The van der Waals surface area contributed by atoms with Crippen molar-refractivity contribution in [1.82, 2.24) is 30.3 Å². The van der Waals surface area contributed by atoms with Crippen molar-refractivity contribution in [2.75, 3.05) is 32.0 Å². The topological polar surface area (TPSA) is 124 Å². The number of pyridine rings is 1. The zero-order valence-corrected chi connectivity index (χ0v) is 28.6. The monoisotopic (exact) mass is 651 g/mol. The van der Waals surface area contributed by atoms with Gasteiger partial charge in [-0.25, -0.2) is 4.68 Å². The predicted octanol–water partition coefficient (Wildman–Crippen LogP) is 5.46. The molecule has 254 valence electrons. The number of nitrogens with zero attached hydrogens (tertiary/aromatic N) is 4. The van der Waals surface area contributed by atoms with E-state index in [0.29, 0.717) is 32.0 Å². The molecule has 0 bridgehead atoms. The van der Waals surface area contributed by atoms with Crippen molar-refractivity contribution in [2.45, 2.75) is 76.8 Å². The van der Waals surface area contributed by atoms with Crippen LogP contribution in [0.5, 0.6) is 5.75 Å². The van der Waals surface area contributed by atoms with E-state index in [2.05, 4.69) is 77.9 Å². The van der Waals surface area contributed by atoms with Gasteiger partial charge >= 0.3 is 0 Å². The molecule has 2 atom stereocenters. The van der Waals surface area contributed by atoms with Gasteiger partial charge in [0.1, 0.15) is 17.6 Å². The lowest BCUT2D eigenvalue weighted by atomic mass is 9.87. The van der Waals surface area contributed by atoms with Crippen molar-refractivity contribution in [3.63, 3.8) is 0 Å². The number of rotatable bonds is 14. The molecule has 5 rings (SSSR count). The lowest BCUT2D eigenvalue weighted by molar-refractivity contribution is -0.129. The molecule has 10 nitrogen and oxygen atoms in total. The Morgan fingerprint density at radius 1 is 1.04 bits per heavy atom. The van der Waals surface area contributed by atoms with Crippen LogP contribution in [-0.4, -0.2) is 75.4 Å². The summed E-state index contributed by atoms with van der Waals surface area (Å²) in [6.45, 7) is 8.77. The van der Waals surface area contributed by atoms with Gasteiger partial charge in [0.15, 0.2) is 0 Å². The second-order valence-corrected chi connectivity index (χ2v) is 13.7. The van der Waals surface area contributed by atoms with Crippen LogP contribution in [0.25, 0.3) is 16.9 Å². The summed E-state index contributed by atoms with van der Waals surface area (Å²) in [5, 5.41) is 24.1. The number of carbonyl (C=O) groups is 2. The molecule has 1 fully saturated rings. The number of aromatic hydroxyl groups is 1. The van der Waals surface area contributed by atoms with Gasteiger partial charge in [-0.2, -0.15) is 5.10 Å². The van der Waals surface area contributed by atoms with Gasteiger partial charge in [0.25, 0.3) is 0 Å². The minimum absolute atomic E-state index is 0.0430. The highest BCUT2D eigenvalue weighted by Gasteiger charge is 2.24. The molecule has 4 N–H and O–H groups in total. The molecule has 48 heavy (non-hydrogen) atoms. The molecule has 2 aromatic carbocycles. The van der Waals surface area contributed by atoms with Crippen molar-refractivity contribution >= 4 is 17.6 Å². The third kappa shape index (κ3) is 9.44. The van der Waals surface area contributed by atoms with Crippen LogP contribution >= 0.6 is 0 Å². The summed E-state index contributed by atoms with van der Waals surface area (Å²) in [4.78, 5) is 33.0. The second-order valence-electron chi connectivity index (χ2n) is 13.7. The summed E-state index contributed by atoms with van der Waals surface area (Å²) < 4.78 is 1.89. The first-order valence-electron chi connectivity index (χ1n) is 17.0. The van der Waals surface area contributed by atoms with Crippen molar-refractivity contribution in [3.8, 4) is 22.7 Å². The third-order valence-corrected chi connectivity index (χ3v) is 9.01. The molecular weight excluding hydrogens is 602 g/mol. The Bertz CT molecular complexity index is 1630. The molecule has 0 spiro atoms. The minimum Gasteiger partial charge on any atom is -0.508 e. The molecule has 0 aliphatic carbocycles. The summed E-state index contributed by atoms with van der Waals surface area (Å²) in [6, 6.07) is 20.8. The van der Waals surface area contributed by atoms with Gasteiger partial charge in [-0.3, -0.25) is 14.6 Å². The minimum atomic E-state index is -0.712. The van der Waals surface area contributed by atoms with Crippen LogP contribution in [0.3, 0.4) is 0 Å². The highest BCUT2D eigenvalue weighted by atomic mass is 16.3. The first-order valence-corrected chi connectivity index (χ1v) is 17.0. The number of benzene rings is 2. The molecule has 1 aliphatic heterocycles. The van der Waals surface area contributed by atoms with Crippen LogP contribution in [-0.2, 0) is 21.4 Å². The maximum absolute atomic E-state index is 13.3. The molecule has 0 saturated carbocycles. The molecular formula is C38H49N7O3. The third-order valence-electron chi connectivity index (χ3n) is 9.01. The molecule has 2 unspecified atom stereocenters. The number of carbonyl (C=O) groups excluding carboxylic acids is 2. The van der Waals surface area contributed by atoms with Gasteiger partial charge in [0.05, 0.1) is 11.4 Å². The van der Waals surface area contributed by atoms with Crippen LogP contribution in [0.15, 0.2) is 79.1 Å². The van der Waals surface area contributed by atoms with E-state index >= 15 is 0 Å². The summed E-state index contributed by atoms with van der Waals surface area (Å²) in [5.41, 5.74) is 4.79. The largest absolute Gasteiger partial charge is 0.508 e. The molecule has 1 saturated heterocycles. The van der Waals surface area contributed by atoms with Gasteiger partial charge in [-0.1, -0.05) is 45.0 Å². The SMILES string of the molecule is CN1CCCC1CCNC(=O)C(Cc1ccc(O)cc1)NC(=O)CCCNc1cc(-c2cccnc2)nn1-c1ccc(C(C)(C)C)cc1. The number of phenols is 1. The van der Waals surface area contributed by atoms with E-state index in [1.807, 2.05) is 22.9 Å². The maximum atomic E-state index is 13.3. The van der Waals surface area contributed by atoms with Crippen molar-refractivity contribution < 1.29 is 14.7 Å². The van der Waals surface area contributed by atoms with E-state index in [9.17, 15) is 14.7 Å². The standard InChI is InChI=1S/C38H49N7O3/c1-38(2,3)29-13-15-31(16-14-29)45-35(25-33(43-45)28-8-5-20-39-26-28)40-21-6-10-36(47)42-34(24-27-11-17-32(46)18-12-27)37(48)41-22-19-30-9-7-23-44(30)4/h5,8,11-18,20,25-26,30,34,40,46H,6-7,9-10,19,21-24H2,1-4H3,(H,41,48)(H,42,47). The first kappa shape index (κ1) is 34.6. The van der Waals surface area contributed by atoms with Gasteiger partial charge in [0.2, 0.25) is 11.8 Å². The number of anilines is 1. The number of likely N-dealkylation sites (tertiary alicyclic amines) is 1. The smallest absolute Gasteiger partial charge is 0.242 e. The number of nitrogens with one attached hydrogen (secondary N) is 3. The van der Waals surface area contributed by atoms with Crippen LogP contribution in [0.2, 0.25) is 0 Å². The van der Waals surface area contributed by atoms with Crippen molar-refractivity contribution in [3.05, 3.63) is 90.3 Å². The van der Waals surface area contributed by atoms with Crippen molar-refractivity contribution in [2.24, 2.45) is 0 Å². The van der Waals surface area contributed by atoms with Crippen LogP contribution in [0.4, 0.5) is 5.82 Å². The lowest BCUT2D eigenvalue weighted by Gasteiger charge is -2.22. The molecule has 2 amide bonds. The first-order chi connectivity index (χ1) is 23.1. The number of phenolic OH excluding ortho intramolecular Hbond substituents is 1. The van der Waals surface area contributed by atoms with Gasteiger partial charge in [0, 0.05) is 56.0 Å².